The van der Waals surface area contributed by atoms with Gasteiger partial charge < -0.3 is 20.4 Å². The Morgan fingerprint density at radius 1 is 1.48 bits per heavy atom. The number of halogens is 2. The van der Waals surface area contributed by atoms with Crippen LogP contribution in [0, 0.1) is 5.82 Å². The molecule has 1 aliphatic rings. The van der Waals surface area contributed by atoms with E-state index in [0.29, 0.717) is 5.82 Å². The maximum atomic E-state index is 13.9. The van der Waals surface area contributed by atoms with Crippen molar-refractivity contribution in [2.24, 2.45) is 4.99 Å². The zero-order valence-electron chi connectivity index (χ0n) is 15.3. The molecule has 1 atom stereocenters. The molecule has 0 bridgehead atoms. The van der Waals surface area contributed by atoms with Crippen LogP contribution in [0.5, 0.6) is 0 Å². The van der Waals surface area contributed by atoms with Crippen LogP contribution < -0.4 is 15.5 Å². The molecule has 0 amide bonds. The van der Waals surface area contributed by atoms with E-state index in [-0.39, 0.29) is 35.8 Å². The molecule has 2 N–H and O–H groups in total. The summed E-state index contributed by atoms with van der Waals surface area (Å²) in [6.45, 7) is 9.24. The van der Waals surface area contributed by atoms with Crippen molar-refractivity contribution in [1.82, 2.24) is 20.5 Å². The minimum atomic E-state index is -0.263. The fourth-order valence-electron chi connectivity index (χ4n) is 2.68. The van der Waals surface area contributed by atoms with Crippen molar-refractivity contribution in [3.05, 3.63) is 24.1 Å². The highest BCUT2D eigenvalue weighted by atomic mass is 127. The molecule has 1 saturated heterocycles. The third-order valence-electron chi connectivity index (χ3n) is 4.20. The van der Waals surface area contributed by atoms with Crippen LogP contribution >= 0.6 is 24.0 Å². The number of likely N-dealkylation sites (N-methyl/N-ethyl adjacent to an activating group) is 1. The molecular weight excluding hydrogens is 434 g/mol. The highest BCUT2D eigenvalue weighted by Crippen LogP contribution is 2.20. The number of aliphatic imine (C=N–C) groups is 1. The van der Waals surface area contributed by atoms with Crippen LogP contribution in [0.3, 0.4) is 0 Å². The molecule has 0 aromatic carbocycles. The van der Waals surface area contributed by atoms with E-state index >= 15 is 0 Å². The van der Waals surface area contributed by atoms with Gasteiger partial charge in [-0.05, 0) is 39.1 Å². The molecule has 142 valence electrons. The SMILES string of the molecule is CCNC(=NCCN(C)CC)NC1CCN(c2ncccc2F)C1.I. The number of guanidine groups is 1. The summed E-state index contributed by atoms with van der Waals surface area (Å²) in [7, 11) is 2.09. The van der Waals surface area contributed by atoms with E-state index in [4.69, 9.17) is 0 Å². The van der Waals surface area contributed by atoms with Crippen molar-refractivity contribution in [3.8, 4) is 0 Å². The summed E-state index contributed by atoms with van der Waals surface area (Å²) in [5, 5.41) is 6.74. The van der Waals surface area contributed by atoms with Crippen LogP contribution in [0.2, 0.25) is 0 Å². The van der Waals surface area contributed by atoms with Gasteiger partial charge >= 0.3 is 0 Å². The Bertz CT molecular complexity index is 542. The summed E-state index contributed by atoms with van der Waals surface area (Å²) in [5.41, 5.74) is 0. The Balaban J connectivity index is 0.00000312. The molecule has 1 aliphatic heterocycles. The van der Waals surface area contributed by atoms with Gasteiger partial charge in [-0.2, -0.15) is 0 Å². The van der Waals surface area contributed by atoms with Crippen molar-refractivity contribution in [3.63, 3.8) is 0 Å². The van der Waals surface area contributed by atoms with E-state index in [1.807, 2.05) is 4.90 Å². The van der Waals surface area contributed by atoms with E-state index < -0.39 is 0 Å². The molecule has 0 spiro atoms. The molecule has 0 radical (unpaired) electrons. The van der Waals surface area contributed by atoms with E-state index in [0.717, 1.165) is 51.6 Å². The number of pyridine rings is 1. The Kier molecular flexibility index (Phi) is 10.0. The standard InChI is InChI=1S/C17H29FN6.HI/c1-4-19-17(21-10-12-23(3)5-2)22-14-8-11-24(13-14)16-15(18)7-6-9-20-16;/h6-7,9,14H,4-5,8,10-13H2,1-3H3,(H2,19,21,22);1H. The molecule has 25 heavy (non-hydrogen) atoms. The predicted molar refractivity (Wildman–Crippen MR) is 113 cm³/mol. The third kappa shape index (κ3) is 6.93. The maximum Gasteiger partial charge on any atom is 0.191 e. The van der Waals surface area contributed by atoms with Crippen LogP contribution in [0.15, 0.2) is 23.3 Å². The summed E-state index contributed by atoms with van der Waals surface area (Å²) < 4.78 is 13.9. The maximum absolute atomic E-state index is 13.9. The van der Waals surface area contributed by atoms with Gasteiger partial charge in [0.05, 0.1) is 6.54 Å². The van der Waals surface area contributed by atoms with Crippen molar-refractivity contribution in [2.45, 2.75) is 26.3 Å². The van der Waals surface area contributed by atoms with Gasteiger partial charge in [0.25, 0.3) is 0 Å². The lowest BCUT2D eigenvalue weighted by Gasteiger charge is -2.20. The monoisotopic (exact) mass is 464 g/mol. The number of rotatable bonds is 7. The number of nitrogens with one attached hydrogen (secondary N) is 2. The molecule has 1 unspecified atom stereocenters. The molecule has 2 rings (SSSR count). The first-order valence-electron chi connectivity index (χ1n) is 8.72. The van der Waals surface area contributed by atoms with Crippen LogP contribution in [-0.2, 0) is 0 Å². The Morgan fingerprint density at radius 3 is 2.96 bits per heavy atom. The van der Waals surface area contributed by atoms with Crippen molar-refractivity contribution in [2.75, 3.05) is 51.2 Å². The van der Waals surface area contributed by atoms with Gasteiger partial charge in [-0.25, -0.2) is 9.37 Å². The van der Waals surface area contributed by atoms with Crippen LogP contribution in [0.1, 0.15) is 20.3 Å². The highest BCUT2D eigenvalue weighted by Gasteiger charge is 2.25. The molecule has 8 heteroatoms. The first-order valence-corrected chi connectivity index (χ1v) is 8.72. The molecule has 1 aromatic rings. The molecule has 6 nitrogen and oxygen atoms in total. The minimum absolute atomic E-state index is 0. The number of aromatic nitrogens is 1. The second kappa shape index (κ2) is 11.5. The summed E-state index contributed by atoms with van der Waals surface area (Å²) >= 11 is 0. The molecule has 0 saturated carbocycles. The van der Waals surface area contributed by atoms with Gasteiger partial charge in [0.2, 0.25) is 0 Å². The van der Waals surface area contributed by atoms with Crippen LogP contribution in [0.25, 0.3) is 0 Å². The van der Waals surface area contributed by atoms with Crippen molar-refractivity contribution in [1.29, 1.82) is 0 Å². The topological polar surface area (TPSA) is 55.8 Å². The second-order valence-corrected chi connectivity index (χ2v) is 6.04. The third-order valence-corrected chi connectivity index (χ3v) is 4.20. The smallest absolute Gasteiger partial charge is 0.191 e. The zero-order valence-corrected chi connectivity index (χ0v) is 17.7. The van der Waals surface area contributed by atoms with Gasteiger partial charge in [0, 0.05) is 38.4 Å². The average molecular weight is 464 g/mol. The average Bonchev–Trinajstić information content (AvgIpc) is 3.03. The Labute approximate surface area is 167 Å². The number of anilines is 1. The lowest BCUT2D eigenvalue weighted by Crippen LogP contribution is -2.45. The van der Waals surface area contributed by atoms with Crippen LogP contribution in [0.4, 0.5) is 10.2 Å². The van der Waals surface area contributed by atoms with E-state index in [1.54, 1.807) is 12.3 Å². The molecule has 2 heterocycles. The highest BCUT2D eigenvalue weighted by molar-refractivity contribution is 14.0. The predicted octanol–water partition coefficient (Wildman–Crippen LogP) is 1.92. The van der Waals surface area contributed by atoms with Gasteiger partial charge in [-0.15, -0.1) is 24.0 Å². The second-order valence-electron chi connectivity index (χ2n) is 6.04. The fraction of sp³-hybridized carbons (Fsp3) is 0.647. The molecule has 1 aromatic heterocycles. The number of hydrogen-bond acceptors (Lipinski definition) is 4. The largest absolute Gasteiger partial charge is 0.357 e. The molecular formula is C17H30FIN6. The number of hydrogen-bond donors (Lipinski definition) is 2. The number of nitrogens with zero attached hydrogens (tertiary/aromatic N) is 4. The van der Waals surface area contributed by atoms with E-state index in [1.165, 1.54) is 6.07 Å². The summed E-state index contributed by atoms with van der Waals surface area (Å²) in [6.07, 6.45) is 2.57. The van der Waals surface area contributed by atoms with Crippen molar-refractivity contribution >= 4 is 35.8 Å². The van der Waals surface area contributed by atoms with Gasteiger partial charge in [0.1, 0.15) is 0 Å². The lowest BCUT2D eigenvalue weighted by molar-refractivity contribution is 0.363. The normalized spacial score (nSPS) is 17.6. The summed E-state index contributed by atoms with van der Waals surface area (Å²) in [4.78, 5) is 13.0. The van der Waals surface area contributed by atoms with Gasteiger partial charge in [-0.1, -0.05) is 6.92 Å². The fourth-order valence-corrected chi connectivity index (χ4v) is 2.68. The Morgan fingerprint density at radius 2 is 2.28 bits per heavy atom. The van der Waals surface area contributed by atoms with E-state index in [9.17, 15) is 4.39 Å². The summed E-state index contributed by atoms with van der Waals surface area (Å²) in [5.74, 6) is 1.00. The molecule has 0 aliphatic carbocycles. The quantitative estimate of drug-likeness (QED) is 0.367. The first kappa shape index (κ1) is 21.9. The van der Waals surface area contributed by atoms with Gasteiger partial charge in [0.15, 0.2) is 17.6 Å². The Hall–Kier alpha value is -1.16. The molecule has 1 fully saturated rings. The minimum Gasteiger partial charge on any atom is -0.357 e. The van der Waals surface area contributed by atoms with E-state index in [2.05, 4.69) is 46.4 Å². The van der Waals surface area contributed by atoms with Crippen LogP contribution in [-0.4, -0.2) is 68.2 Å². The summed E-state index contributed by atoms with van der Waals surface area (Å²) in [6, 6.07) is 3.32. The van der Waals surface area contributed by atoms with Gasteiger partial charge in [-0.3, -0.25) is 4.99 Å². The lowest BCUT2D eigenvalue weighted by atomic mass is 10.3. The van der Waals surface area contributed by atoms with Crippen molar-refractivity contribution < 1.29 is 4.39 Å². The first-order chi connectivity index (χ1) is 11.6. The zero-order chi connectivity index (χ0) is 17.4.